The molecule has 2 aliphatic heterocycles. The van der Waals surface area contributed by atoms with Crippen LogP contribution in [0, 0.1) is 0 Å². The fourth-order valence-electron chi connectivity index (χ4n) is 5.88. The second-order valence-corrected chi connectivity index (χ2v) is 9.16. The van der Waals surface area contributed by atoms with E-state index >= 15 is 0 Å². The number of esters is 1. The van der Waals surface area contributed by atoms with Gasteiger partial charge in [0, 0.05) is 25.1 Å². The molecule has 5 nitrogen and oxygen atoms in total. The van der Waals surface area contributed by atoms with Crippen LogP contribution < -0.4 is 4.90 Å². The average Bonchev–Trinajstić information content (AvgIpc) is 3.37. The normalized spacial score (nSPS) is 21.0. The van der Waals surface area contributed by atoms with E-state index in [1.807, 2.05) is 24.3 Å². The number of para-hydroxylation sites is 1. The number of amides is 1. The van der Waals surface area contributed by atoms with E-state index in [2.05, 4.69) is 29.2 Å². The molecule has 1 spiro atoms. The smallest absolute Gasteiger partial charge is 0.329 e. The summed E-state index contributed by atoms with van der Waals surface area (Å²) in [5, 5.41) is 0. The summed E-state index contributed by atoms with van der Waals surface area (Å²) in [5.74, 6) is -0.337. The van der Waals surface area contributed by atoms with Gasteiger partial charge in [0.05, 0.1) is 7.11 Å². The summed E-state index contributed by atoms with van der Waals surface area (Å²) >= 11 is 0. The van der Waals surface area contributed by atoms with E-state index in [1.54, 1.807) is 10.5 Å². The van der Waals surface area contributed by atoms with Gasteiger partial charge >= 0.3 is 5.97 Å². The third kappa shape index (κ3) is 3.93. The molecule has 1 atom stereocenters. The Labute approximate surface area is 196 Å². The summed E-state index contributed by atoms with van der Waals surface area (Å²) in [6.45, 7) is 2.79. The quantitative estimate of drug-likeness (QED) is 0.657. The number of carbonyl (C=O) groups is 2. The zero-order valence-electron chi connectivity index (χ0n) is 18.6. The summed E-state index contributed by atoms with van der Waals surface area (Å²) in [5.41, 5.74) is 5.29. The van der Waals surface area contributed by atoms with E-state index in [4.69, 9.17) is 4.74 Å². The first-order valence-electron chi connectivity index (χ1n) is 11.4. The minimum absolute atomic E-state index is 0. The van der Waals surface area contributed by atoms with E-state index in [9.17, 15) is 9.59 Å². The molecule has 2 aromatic carbocycles. The maximum Gasteiger partial charge on any atom is 0.329 e. The molecule has 6 heteroatoms. The fourth-order valence-corrected chi connectivity index (χ4v) is 5.88. The van der Waals surface area contributed by atoms with Crippen LogP contribution in [0.5, 0.6) is 0 Å². The summed E-state index contributed by atoms with van der Waals surface area (Å²) in [4.78, 5) is 29.6. The molecule has 0 unspecified atom stereocenters. The molecule has 1 saturated heterocycles. The molecule has 1 fully saturated rings. The van der Waals surface area contributed by atoms with Crippen LogP contribution in [0.15, 0.2) is 48.5 Å². The highest BCUT2D eigenvalue weighted by molar-refractivity contribution is 6.02. The Hall–Kier alpha value is -2.37. The van der Waals surface area contributed by atoms with Crippen LogP contribution in [-0.4, -0.2) is 49.6 Å². The van der Waals surface area contributed by atoms with Gasteiger partial charge in [-0.05, 0) is 66.9 Å². The highest BCUT2D eigenvalue weighted by atomic mass is 35.5. The van der Waals surface area contributed by atoms with Crippen molar-refractivity contribution in [2.45, 2.75) is 50.0 Å². The molecule has 0 aromatic heterocycles. The molecule has 1 amide bonds. The summed E-state index contributed by atoms with van der Waals surface area (Å²) in [7, 11) is 1.39. The van der Waals surface area contributed by atoms with Crippen LogP contribution in [0.2, 0.25) is 0 Å². The molecule has 0 radical (unpaired) electrons. The number of carbonyl (C=O) groups excluding carboxylic acids is 2. The Morgan fingerprint density at radius 2 is 1.69 bits per heavy atom. The number of ether oxygens (including phenoxy) is 1. The van der Waals surface area contributed by atoms with Gasteiger partial charge in [0.25, 0.3) is 0 Å². The summed E-state index contributed by atoms with van der Waals surface area (Å²) < 4.78 is 4.98. The molecule has 2 aromatic rings. The van der Waals surface area contributed by atoms with Crippen LogP contribution in [0.3, 0.4) is 0 Å². The molecular formula is C26H31ClN2O3. The minimum Gasteiger partial charge on any atom is -0.467 e. The van der Waals surface area contributed by atoms with Gasteiger partial charge in [-0.1, -0.05) is 42.5 Å². The topological polar surface area (TPSA) is 49.9 Å². The van der Waals surface area contributed by atoms with Crippen molar-refractivity contribution in [1.29, 1.82) is 0 Å². The van der Waals surface area contributed by atoms with E-state index in [1.165, 1.54) is 25.5 Å². The number of fused-ring (bicyclic) bond motifs is 3. The molecule has 0 N–H and O–H groups in total. The number of nitrogens with zero attached hydrogens (tertiary/aromatic N) is 2. The lowest BCUT2D eigenvalue weighted by Crippen LogP contribution is -2.46. The van der Waals surface area contributed by atoms with E-state index in [0.717, 1.165) is 43.7 Å². The van der Waals surface area contributed by atoms with Crippen LogP contribution in [0.25, 0.3) is 0 Å². The van der Waals surface area contributed by atoms with Gasteiger partial charge in [-0.3, -0.25) is 9.69 Å². The molecule has 3 aliphatic rings. The highest BCUT2D eigenvalue weighted by Gasteiger charge is 2.42. The maximum absolute atomic E-state index is 13.2. The number of aryl methyl sites for hydroxylation is 1. The Morgan fingerprint density at radius 1 is 1.00 bits per heavy atom. The largest absolute Gasteiger partial charge is 0.467 e. The fraction of sp³-hybridized carbons (Fsp3) is 0.462. The number of hydrogen-bond donors (Lipinski definition) is 0. The van der Waals surface area contributed by atoms with Crippen molar-refractivity contribution in [2.24, 2.45) is 0 Å². The van der Waals surface area contributed by atoms with Gasteiger partial charge in [0.15, 0.2) is 0 Å². The standard InChI is InChI=1S/C26H30N2O3.ClH/c1-31-25(30)23-18-20-7-3-5-9-22(20)28(23)24(29)11-15-27-16-13-26(14-17-27)12-10-19-6-2-4-8-21(19)26;/h2-9,23H,10-18H2,1H3;1H/t23-;/m0./s1. The van der Waals surface area contributed by atoms with E-state index in [-0.39, 0.29) is 24.3 Å². The number of rotatable bonds is 4. The van der Waals surface area contributed by atoms with Crippen LogP contribution in [0.4, 0.5) is 5.69 Å². The predicted molar refractivity (Wildman–Crippen MR) is 127 cm³/mol. The number of methoxy groups -OCH3 is 1. The second kappa shape index (κ2) is 9.24. The first kappa shape index (κ1) is 22.8. The number of halogens is 1. The van der Waals surface area contributed by atoms with Gasteiger partial charge in [0.1, 0.15) is 6.04 Å². The zero-order chi connectivity index (χ0) is 21.4. The molecule has 32 heavy (non-hydrogen) atoms. The molecule has 1 aliphatic carbocycles. The lowest BCUT2D eigenvalue weighted by molar-refractivity contribution is -0.143. The third-order valence-electron chi connectivity index (χ3n) is 7.63. The first-order valence-corrected chi connectivity index (χ1v) is 11.4. The van der Waals surface area contributed by atoms with E-state index < -0.39 is 6.04 Å². The molecule has 2 heterocycles. The number of benzene rings is 2. The van der Waals surface area contributed by atoms with Crippen LogP contribution in [-0.2, 0) is 32.6 Å². The van der Waals surface area contributed by atoms with Crippen molar-refractivity contribution in [3.05, 3.63) is 65.2 Å². The summed E-state index contributed by atoms with van der Waals surface area (Å²) in [6.07, 6.45) is 5.72. The van der Waals surface area contributed by atoms with Crippen molar-refractivity contribution in [1.82, 2.24) is 4.90 Å². The Bertz CT molecular complexity index is 1000. The second-order valence-electron chi connectivity index (χ2n) is 9.16. The van der Waals surface area contributed by atoms with Crippen LogP contribution in [0.1, 0.15) is 42.4 Å². The van der Waals surface area contributed by atoms with Gasteiger partial charge in [0.2, 0.25) is 5.91 Å². The van der Waals surface area contributed by atoms with Crippen molar-refractivity contribution in [3.8, 4) is 0 Å². The monoisotopic (exact) mass is 454 g/mol. The number of anilines is 1. The first-order chi connectivity index (χ1) is 15.1. The zero-order valence-corrected chi connectivity index (χ0v) is 19.4. The Morgan fingerprint density at radius 3 is 2.44 bits per heavy atom. The van der Waals surface area contributed by atoms with Gasteiger partial charge < -0.3 is 9.64 Å². The van der Waals surface area contributed by atoms with Crippen molar-refractivity contribution in [2.75, 3.05) is 31.6 Å². The lowest BCUT2D eigenvalue weighted by Gasteiger charge is -2.40. The lowest BCUT2D eigenvalue weighted by atomic mass is 9.74. The Balaban J connectivity index is 0.00000245. The molecule has 170 valence electrons. The van der Waals surface area contributed by atoms with Gasteiger partial charge in [-0.25, -0.2) is 4.79 Å². The van der Waals surface area contributed by atoms with E-state index in [0.29, 0.717) is 18.3 Å². The molecular weight excluding hydrogens is 424 g/mol. The van der Waals surface area contributed by atoms with Crippen molar-refractivity contribution < 1.29 is 14.3 Å². The molecule has 0 bridgehead atoms. The van der Waals surface area contributed by atoms with Crippen LogP contribution >= 0.6 is 12.4 Å². The molecule has 5 rings (SSSR count). The number of likely N-dealkylation sites (tertiary alicyclic amines) is 1. The number of hydrogen-bond acceptors (Lipinski definition) is 4. The molecule has 0 saturated carbocycles. The predicted octanol–water partition coefficient (Wildman–Crippen LogP) is 3.91. The van der Waals surface area contributed by atoms with Crippen molar-refractivity contribution in [3.63, 3.8) is 0 Å². The summed E-state index contributed by atoms with van der Waals surface area (Å²) in [6, 6.07) is 16.2. The van der Waals surface area contributed by atoms with Gasteiger partial charge in [-0.2, -0.15) is 0 Å². The highest BCUT2D eigenvalue weighted by Crippen LogP contribution is 2.46. The average molecular weight is 455 g/mol. The SMILES string of the molecule is COC(=O)[C@@H]1Cc2ccccc2N1C(=O)CCN1CCC2(CCc3ccccc32)CC1.Cl. The third-order valence-corrected chi connectivity index (χ3v) is 7.63. The van der Waals surface area contributed by atoms with Crippen molar-refractivity contribution >= 4 is 30.0 Å². The number of piperidine rings is 1. The van der Waals surface area contributed by atoms with Gasteiger partial charge in [-0.15, -0.1) is 12.4 Å². The minimum atomic E-state index is -0.547. The Kier molecular flexibility index (Phi) is 6.59. The maximum atomic E-state index is 13.2.